The van der Waals surface area contributed by atoms with Gasteiger partial charge in [0.05, 0.1) is 0 Å². The van der Waals surface area contributed by atoms with Crippen LogP contribution in [0.2, 0.25) is 0 Å². The van der Waals surface area contributed by atoms with E-state index in [0.29, 0.717) is 6.61 Å². The van der Waals surface area contributed by atoms with Crippen molar-refractivity contribution in [1.82, 2.24) is 19.6 Å². The summed E-state index contributed by atoms with van der Waals surface area (Å²) in [7, 11) is 0. The summed E-state index contributed by atoms with van der Waals surface area (Å²) in [5.41, 5.74) is 1.04. The fraction of sp³-hybridized carbons (Fsp3) is 0.741. The van der Waals surface area contributed by atoms with Crippen LogP contribution in [0.15, 0.2) is 30.3 Å². The number of nitrogens with zero attached hydrogens (tertiary/aromatic N) is 4. The Bertz CT molecular complexity index is 687. The molecule has 6 heteroatoms. The van der Waals surface area contributed by atoms with Crippen molar-refractivity contribution in [2.75, 3.05) is 72.0 Å². The number of piperidine rings is 2. The largest absolute Gasteiger partial charge is 0.445 e. The molecule has 184 valence electrons. The van der Waals surface area contributed by atoms with E-state index in [1.54, 1.807) is 0 Å². The van der Waals surface area contributed by atoms with E-state index in [9.17, 15) is 4.79 Å². The Morgan fingerprint density at radius 3 is 2.03 bits per heavy atom. The Morgan fingerprint density at radius 1 is 0.727 bits per heavy atom. The average molecular weight is 457 g/mol. The highest BCUT2D eigenvalue weighted by atomic mass is 16.6. The van der Waals surface area contributed by atoms with E-state index in [0.717, 1.165) is 37.4 Å². The van der Waals surface area contributed by atoms with Crippen molar-refractivity contribution in [3.05, 3.63) is 35.9 Å². The molecular weight excluding hydrogens is 412 g/mol. The number of likely N-dealkylation sites (tertiary alicyclic amines) is 2. The number of hydrogen-bond acceptors (Lipinski definition) is 5. The van der Waals surface area contributed by atoms with Gasteiger partial charge in [0, 0.05) is 39.3 Å². The molecule has 3 heterocycles. The van der Waals surface area contributed by atoms with Gasteiger partial charge in [-0.25, -0.2) is 4.79 Å². The maximum Gasteiger partial charge on any atom is 0.410 e. The van der Waals surface area contributed by atoms with Gasteiger partial charge >= 0.3 is 6.09 Å². The number of rotatable bonds is 8. The zero-order chi connectivity index (χ0) is 22.7. The SMILES string of the molecule is O=C(OCc1ccccc1)N1CCC(CCN2CCCN(CCN3CCCCC3)CC2)CC1. The minimum absolute atomic E-state index is 0.158. The maximum absolute atomic E-state index is 12.4. The summed E-state index contributed by atoms with van der Waals surface area (Å²) >= 11 is 0. The van der Waals surface area contributed by atoms with Crippen molar-refractivity contribution in [3.63, 3.8) is 0 Å². The molecule has 3 aliphatic heterocycles. The average Bonchev–Trinajstić information content (AvgIpc) is 3.11. The van der Waals surface area contributed by atoms with Crippen molar-refractivity contribution >= 4 is 6.09 Å². The molecule has 0 atom stereocenters. The number of carbonyl (C=O) groups is 1. The first-order chi connectivity index (χ1) is 16.3. The summed E-state index contributed by atoms with van der Waals surface area (Å²) in [5, 5.41) is 0. The van der Waals surface area contributed by atoms with Gasteiger partial charge in [-0.1, -0.05) is 36.8 Å². The molecule has 33 heavy (non-hydrogen) atoms. The van der Waals surface area contributed by atoms with Crippen LogP contribution in [-0.4, -0.2) is 97.7 Å². The lowest BCUT2D eigenvalue weighted by atomic mass is 9.93. The Kier molecular flexibility index (Phi) is 9.88. The summed E-state index contributed by atoms with van der Waals surface area (Å²) < 4.78 is 5.51. The smallest absolute Gasteiger partial charge is 0.410 e. The van der Waals surface area contributed by atoms with E-state index in [4.69, 9.17) is 4.74 Å². The van der Waals surface area contributed by atoms with Crippen molar-refractivity contribution in [3.8, 4) is 0 Å². The third kappa shape index (κ3) is 8.27. The number of benzene rings is 1. The standard InChI is InChI=1S/C27H44N4O2/c32-27(33-24-26-8-3-1-4-9-26)31-18-11-25(12-19-31)10-17-29-15-7-16-30(23-21-29)22-20-28-13-5-2-6-14-28/h1,3-4,8-9,25H,2,5-7,10-24H2. The Hall–Kier alpha value is -1.63. The van der Waals surface area contributed by atoms with Crippen LogP contribution < -0.4 is 0 Å². The van der Waals surface area contributed by atoms with E-state index >= 15 is 0 Å². The number of carbonyl (C=O) groups excluding carboxylic acids is 1. The zero-order valence-corrected chi connectivity index (χ0v) is 20.5. The topological polar surface area (TPSA) is 39.3 Å². The highest BCUT2D eigenvalue weighted by Crippen LogP contribution is 2.22. The molecule has 0 unspecified atom stereocenters. The second kappa shape index (κ2) is 13.3. The summed E-state index contributed by atoms with van der Waals surface area (Å²) in [5.74, 6) is 0.738. The predicted molar refractivity (Wildman–Crippen MR) is 133 cm³/mol. The van der Waals surface area contributed by atoms with Gasteiger partial charge in [0.2, 0.25) is 0 Å². The van der Waals surface area contributed by atoms with E-state index in [-0.39, 0.29) is 6.09 Å². The molecule has 0 saturated carbocycles. The fourth-order valence-corrected chi connectivity index (χ4v) is 5.52. The molecule has 6 nitrogen and oxygen atoms in total. The molecule has 0 aliphatic carbocycles. The van der Waals surface area contributed by atoms with Gasteiger partial charge in [-0.3, -0.25) is 0 Å². The highest BCUT2D eigenvalue weighted by Gasteiger charge is 2.24. The van der Waals surface area contributed by atoms with Crippen LogP contribution >= 0.6 is 0 Å². The molecular formula is C27H44N4O2. The summed E-state index contributed by atoms with van der Waals surface area (Å²) in [6.07, 6.45) is 8.82. The Morgan fingerprint density at radius 2 is 1.33 bits per heavy atom. The quantitative estimate of drug-likeness (QED) is 0.593. The van der Waals surface area contributed by atoms with Gasteiger partial charge < -0.3 is 24.3 Å². The maximum atomic E-state index is 12.4. The molecule has 1 aromatic carbocycles. The van der Waals surface area contributed by atoms with Crippen LogP contribution in [0.4, 0.5) is 4.79 Å². The normalized spacial score (nSPS) is 22.2. The molecule has 4 rings (SSSR count). The molecule has 0 spiro atoms. The third-order valence-corrected chi connectivity index (χ3v) is 7.79. The van der Waals surface area contributed by atoms with Gasteiger partial charge in [0.15, 0.2) is 0 Å². The number of amides is 1. The molecule has 0 aromatic heterocycles. The van der Waals surface area contributed by atoms with Crippen LogP contribution in [0.3, 0.4) is 0 Å². The molecule has 3 aliphatic rings. The van der Waals surface area contributed by atoms with Crippen LogP contribution in [0.5, 0.6) is 0 Å². The van der Waals surface area contributed by atoms with Crippen molar-refractivity contribution in [2.24, 2.45) is 5.92 Å². The Labute approximate surface area is 200 Å². The van der Waals surface area contributed by atoms with Crippen LogP contribution in [-0.2, 0) is 11.3 Å². The van der Waals surface area contributed by atoms with E-state index in [2.05, 4.69) is 14.7 Å². The highest BCUT2D eigenvalue weighted by molar-refractivity contribution is 5.67. The van der Waals surface area contributed by atoms with Crippen LogP contribution in [0.1, 0.15) is 50.5 Å². The molecule has 0 radical (unpaired) electrons. The molecule has 1 aromatic rings. The van der Waals surface area contributed by atoms with Gasteiger partial charge in [0.25, 0.3) is 0 Å². The van der Waals surface area contributed by atoms with Crippen molar-refractivity contribution in [2.45, 2.75) is 51.6 Å². The first kappa shape index (κ1) is 24.5. The van der Waals surface area contributed by atoms with E-state index in [1.807, 2.05) is 35.2 Å². The summed E-state index contributed by atoms with van der Waals surface area (Å²) in [6, 6.07) is 9.93. The summed E-state index contributed by atoms with van der Waals surface area (Å²) in [4.78, 5) is 22.3. The molecule has 3 fully saturated rings. The molecule has 1 amide bonds. The van der Waals surface area contributed by atoms with Gasteiger partial charge in [-0.05, 0) is 82.7 Å². The minimum atomic E-state index is -0.158. The first-order valence-electron chi connectivity index (χ1n) is 13.4. The Balaban J connectivity index is 1.08. The third-order valence-electron chi connectivity index (χ3n) is 7.79. The number of ether oxygens (including phenoxy) is 1. The second-order valence-corrected chi connectivity index (χ2v) is 10.2. The lowest BCUT2D eigenvalue weighted by molar-refractivity contribution is 0.0802. The molecule has 0 bridgehead atoms. The minimum Gasteiger partial charge on any atom is -0.445 e. The fourth-order valence-electron chi connectivity index (χ4n) is 5.52. The van der Waals surface area contributed by atoms with Gasteiger partial charge in [-0.2, -0.15) is 0 Å². The zero-order valence-electron chi connectivity index (χ0n) is 20.5. The van der Waals surface area contributed by atoms with Crippen molar-refractivity contribution in [1.29, 1.82) is 0 Å². The number of hydrogen-bond donors (Lipinski definition) is 0. The van der Waals surface area contributed by atoms with Crippen molar-refractivity contribution < 1.29 is 9.53 Å². The van der Waals surface area contributed by atoms with Crippen LogP contribution in [0.25, 0.3) is 0 Å². The van der Waals surface area contributed by atoms with Gasteiger partial charge in [0.1, 0.15) is 6.61 Å². The van der Waals surface area contributed by atoms with Gasteiger partial charge in [-0.15, -0.1) is 0 Å². The summed E-state index contributed by atoms with van der Waals surface area (Å²) in [6.45, 7) is 13.3. The van der Waals surface area contributed by atoms with E-state index in [1.165, 1.54) is 91.0 Å². The molecule has 3 saturated heterocycles. The second-order valence-electron chi connectivity index (χ2n) is 10.2. The van der Waals surface area contributed by atoms with E-state index < -0.39 is 0 Å². The van der Waals surface area contributed by atoms with Crippen LogP contribution in [0, 0.1) is 5.92 Å². The predicted octanol–water partition coefficient (Wildman–Crippen LogP) is 3.92. The lowest BCUT2D eigenvalue weighted by Crippen LogP contribution is -2.40. The first-order valence-corrected chi connectivity index (χ1v) is 13.4. The monoisotopic (exact) mass is 456 g/mol. The molecule has 0 N–H and O–H groups in total. The lowest BCUT2D eigenvalue weighted by Gasteiger charge is -2.32.